The fourth-order valence-electron chi connectivity index (χ4n) is 3.07. The van der Waals surface area contributed by atoms with Crippen molar-refractivity contribution in [2.75, 3.05) is 0 Å². The van der Waals surface area contributed by atoms with Crippen molar-refractivity contribution in [2.24, 2.45) is 0 Å². The first-order chi connectivity index (χ1) is 13.4. The van der Waals surface area contributed by atoms with Crippen molar-refractivity contribution >= 4 is 110 Å². The van der Waals surface area contributed by atoms with E-state index in [4.69, 9.17) is 12.2 Å². The molecule has 4 aromatic heterocycles. The molecule has 0 aliphatic heterocycles. The first-order valence-corrected chi connectivity index (χ1v) is 16.0. The maximum atomic E-state index is 4.81. The lowest BCUT2D eigenvalue weighted by molar-refractivity contribution is 1.81. The van der Waals surface area contributed by atoms with Crippen molar-refractivity contribution in [3.63, 3.8) is 0 Å². The molecule has 0 unspecified atom stereocenters. The van der Waals surface area contributed by atoms with Gasteiger partial charge in [-0.15, -0.1) is 50.9 Å². The maximum absolute atomic E-state index is 4.81. The van der Waals surface area contributed by atoms with Crippen LogP contribution in [0.5, 0.6) is 0 Å². The fraction of sp³-hybridized carbons (Fsp3) is 0.136. The zero-order chi connectivity index (χ0) is 19.5. The SMILES string of the molecule is C[Si](C)(C)C#Cc1cc2sc3cc4c(cc3c2s1)sc1cc(C#CC=S)sc14. The van der Waals surface area contributed by atoms with Gasteiger partial charge in [0.15, 0.2) is 0 Å². The van der Waals surface area contributed by atoms with Gasteiger partial charge in [0.1, 0.15) is 8.07 Å². The topological polar surface area (TPSA) is 0 Å². The third-order valence-electron chi connectivity index (χ3n) is 4.22. The van der Waals surface area contributed by atoms with E-state index in [1.54, 1.807) is 11.3 Å². The molecule has 5 rings (SSSR count). The highest BCUT2D eigenvalue weighted by Crippen LogP contribution is 2.45. The highest BCUT2D eigenvalue weighted by molar-refractivity contribution is 7.79. The zero-order valence-electron chi connectivity index (χ0n) is 15.4. The average Bonchev–Trinajstić information content (AvgIpc) is 3.34. The van der Waals surface area contributed by atoms with Gasteiger partial charge in [-0.25, -0.2) is 0 Å². The lowest BCUT2D eigenvalue weighted by atomic mass is 10.2. The number of hydrogen-bond donors (Lipinski definition) is 0. The van der Waals surface area contributed by atoms with Crippen LogP contribution in [-0.2, 0) is 0 Å². The van der Waals surface area contributed by atoms with Crippen LogP contribution in [-0.4, -0.2) is 13.4 Å². The molecule has 0 amide bonds. The maximum Gasteiger partial charge on any atom is 0.129 e. The number of fused-ring (bicyclic) bond motifs is 6. The van der Waals surface area contributed by atoms with Crippen LogP contribution in [0.15, 0.2) is 24.3 Å². The molecule has 0 saturated heterocycles. The first-order valence-electron chi connectivity index (χ1n) is 8.72. The van der Waals surface area contributed by atoms with E-state index in [0.717, 1.165) is 4.88 Å². The Morgan fingerprint density at radius 3 is 1.79 bits per heavy atom. The second-order valence-electron chi connectivity index (χ2n) is 7.54. The van der Waals surface area contributed by atoms with E-state index in [0.29, 0.717) is 0 Å². The molecule has 0 saturated carbocycles. The number of thiophene rings is 4. The Balaban J connectivity index is 1.68. The summed E-state index contributed by atoms with van der Waals surface area (Å²) in [6.07, 6.45) is 0. The summed E-state index contributed by atoms with van der Waals surface area (Å²) in [6, 6.07) is 9.19. The average molecular weight is 467 g/mol. The van der Waals surface area contributed by atoms with Crippen LogP contribution in [0.1, 0.15) is 9.75 Å². The number of benzene rings is 1. The van der Waals surface area contributed by atoms with E-state index in [-0.39, 0.29) is 0 Å². The zero-order valence-corrected chi connectivity index (χ0v) is 20.5. The summed E-state index contributed by atoms with van der Waals surface area (Å²) in [6.45, 7) is 6.87. The molecular weight excluding hydrogens is 453 g/mol. The van der Waals surface area contributed by atoms with Gasteiger partial charge in [-0.05, 0) is 24.3 Å². The molecule has 5 aromatic rings. The highest BCUT2D eigenvalue weighted by atomic mass is 32.1. The van der Waals surface area contributed by atoms with Gasteiger partial charge in [-0.2, -0.15) is 0 Å². The molecule has 28 heavy (non-hydrogen) atoms. The molecular formula is C22H14S5Si. The van der Waals surface area contributed by atoms with Gasteiger partial charge in [0.25, 0.3) is 0 Å². The molecule has 0 fully saturated rings. The van der Waals surface area contributed by atoms with Crippen molar-refractivity contribution in [3.05, 3.63) is 34.0 Å². The molecule has 4 heterocycles. The van der Waals surface area contributed by atoms with Gasteiger partial charge < -0.3 is 0 Å². The van der Waals surface area contributed by atoms with E-state index in [2.05, 4.69) is 67.2 Å². The minimum absolute atomic E-state index is 1.09. The molecule has 136 valence electrons. The van der Waals surface area contributed by atoms with Crippen LogP contribution < -0.4 is 0 Å². The van der Waals surface area contributed by atoms with Crippen molar-refractivity contribution in [1.82, 2.24) is 0 Å². The Bertz CT molecular complexity index is 1520. The standard InChI is InChI=1S/C22H14S5Si/c1-28(2,3)8-6-14-10-20-22(25-14)16-12-17-15(11-18(16)27-20)21-19(26-17)9-13(24-21)5-4-7-23/h7,9-12H,1-3H3. The second kappa shape index (κ2) is 6.78. The van der Waals surface area contributed by atoms with E-state index in [9.17, 15) is 0 Å². The third kappa shape index (κ3) is 3.25. The first kappa shape index (κ1) is 18.5. The monoisotopic (exact) mass is 466 g/mol. The minimum atomic E-state index is -1.35. The minimum Gasteiger partial charge on any atom is -0.134 e. The molecule has 1 aromatic carbocycles. The van der Waals surface area contributed by atoms with Gasteiger partial charge in [0.2, 0.25) is 0 Å². The Kier molecular flexibility index (Phi) is 4.48. The molecule has 0 spiro atoms. The summed E-state index contributed by atoms with van der Waals surface area (Å²) in [4.78, 5) is 2.28. The molecule has 0 bridgehead atoms. The normalized spacial score (nSPS) is 11.7. The lowest BCUT2D eigenvalue weighted by Crippen LogP contribution is -2.16. The van der Waals surface area contributed by atoms with Crippen LogP contribution >= 0.6 is 57.6 Å². The lowest BCUT2D eigenvalue weighted by Gasteiger charge is -2.02. The van der Waals surface area contributed by atoms with Crippen LogP contribution in [0, 0.1) is 23.3 Å². The van der Waals surface area contributed by atoms with Crippen LogP contribution in [0.25, 0.3) is 39.0 Å². The van der Waals surface area contributed by atoms with Crippen molar-refractivity contribution < 1.29 is 0 Å². The summed E-state index contributed by atoms with van der Waals surface area (Å²) < 4.78 is 8.10. The second-order valence-corrected chi connectivity index (χ2v) is 16.8. The molecule has 0 radical (unpaired) electrons. The molecule has 0 atom stereocenters. The van der Waals surface area contributed by atoms with Crippen molar-refractivity contribution in [3.8, 4) is 23.3 Å². The number of hydrogen-bond acceptors (Lipinski definition) is 5. The Morgan fingerprint density at radius 2 is 1.29 bits per heavy atom. The quantitative estimate of drug-likeness (QED) is 0.126. The molecule has 0 aliphatic rings. The highest BCUT2D eigenvalue weighted by Gasteiger charge is 2.15. The largest absolute Gasteiger partial charge is 0.134 e. The molecule has 0 aliphatic carbocycles. The summed E-state index contributed by atoms with van der Waals surface area (Å²) in [5.41, 5.74) is 3.49. The van der Waals surface area contributed by atoms with E-state index >= 15 is 0 Å². The summed E-state index contributed by atoms with van der Waals surface area (Å²) >= 11 is 12.2. The van der Waals surface area contributed by atoms with E-state index < -0.39 is 8.07 Å². The molecule has 6 heteroatoms. The van der Waals surface area contributed by atoms with Crippen LogP contribution in [0.3, 0.4) is 0 Å². The summed E-state index contributed by atoms with van der Waals surface area (Å²) in [7, 11) is -1.35. The van der Waals surface area contributed by atoms with Gasteiger partial charge >= 0.3 is 0 Å². The van der Waals surface area contributed by atoms with E-state index in [1.807, 2.05) is 34.0 Å². The van der Waals surface area contributed by atoms with E-state index in [1.165, 1.54) is 49.2 Å². The Hall–Kier alpha value is -1.51. The summed E-state index contributed by atoms with van der Waals surface area (Å²) in [5.74, 6) is 9.43. The smallest absolute Gasteiger partial charge is 0.129 e. The number of thiocarbonyl (C=S) groups is 1. The van der Waals surface area contributed by atoms with Gasteiger partial charge in [0, 0.05) is 29.6 Å². The number of rotatable bonds is 0. The van der Waals surface area contributed by atoms with Gasteiger partial charge in [-0.3, -0.25) is 0 Å². The van der Waals surface area contributed by atoms with Crippen LogP contribution in [0.2, 0.25) is 19.6 Å². The van der Waals surface area contributed by atoms with Gasteiger partial charge in [0.05, 0.1) is 24.5 Å². The molecule has 0 N–H and O–H groups in total. The Morgan fingerprint density at radius 1 is 0.750 bits per heavy atom. The predicted octanol–water partition coefficient (Wildman–Crippen LogP) is 8.13. The van der Waals surface area contributed by atoms with Gasteiger partial charge in [-0.1, -0.05) is 49.6 Å². The van der Waals surface area contributed by atoms with Crippen molar-refractivity contribution in [2.45, 2.75) is 19.6 Å². The molecule has 0 nitrogen and oxygen atoms in total. The third-order valence-corrected chi connectivity index (χ3v) is 9.84. The van der Waals surface area contributed by atoms with Crippen molar-refractivity contribution in [1.29, 1.82) is 0 Å². The summed E-state index contributed by atoms with van der Waals surface area (Å²) in [5, 5.41) is 4.20. The van der Waals surface area contributed by atoms with Crippen LogP contribution in [0.4, 0.5) is 0 Å². The Labute approximate surface area is 185 Å². The fourth-order valence-corrected chi connectivity index (χ4v) is 8.52. The predicted molar refractivity (Wildman–Crippen MR) is 139 cm³/mol.